The van der Waals surface area contributed by atoms with E-state index < -0.39 is 0 Å². The largest absolute Gasteiger partial charge is 0.321 e. The van der Waals surface area contributed by atoms with Crippen LogP contribution in [0.5, 0.6) is 0 Å². The van der Waals surface area contributed by atoms with E-state index in [4.69, 9.17) is 23.8 Å². The van der Waals surface area contributed by atoms with Crippen molar-refractivity contribution in [1.82, 2.24) is 9.38 Å². The molecule has 0 fully saturated rings. The van der Waals surface area contributed by atoms with Crippen LogP contribution in [0.25, 0.3) is 16.6 Å². The summed E-state index contributed by atoms with van der Waals surface area (Å²) in [6.07, 6.45) is 0. The summed E-state index contributed by atoms with van der Waals surface area (Å²) >= 11 is 12.6. The first kappa shape index (κ1) is 17.0. The summed E-state index contributed by atoms with van der Waals surface area (Å²) in [6.45, 7) is 1.97. The van der Waals surface area contributed by atoms with Crippen LogP contribution in [-0.4, -0.2) is 15.3 Å². The number of carbonyl (C=O) groups excluding carboxylic acids is 1. The van der Waals surface area contributed by atoms with Crippen LogP contribution < -0.4 is 10.9 Å². The van der Waals surface area contributed by atoms with Crippen LogP contribution in [0.4, 0.5) is 5.69 Å². The molecule has 26 heavy (non-hydrogen) atoms. The highest BCUT2D eigenvalue weighted by Gasteiger charge is 2.18. The molecule has 0 saturated carbocycles. The van der Waals surface area contributed by atoms with Gasteiger partial charge in [-0.05, 0) is 49.5 Å². The Hall–Kier alpha value is -2.48. The van der Waals surface area contributed by atoms with Gasteiger partial charge in [0, 0.05) is 10.7 Å². The number of nitrogens with zero attached hydrogens (tertiary/aromatic N) is 1. The molecule has 5 nitrogen and oxygen atoms in total. The lowest BCUT2D eigenvalue weighted by atomic mass is 10.2. The molecule has 0 aliphatic rings. The normalized spacial score (nSPS) is 11.2. The highest BCUT2D eigenvalue weighted by Crippen LogP contribution is 2.25. The molecule has 4 rings (SSSR count). The molecule has 0 aliphatic heterocycles. The molecule has 0 bridgehead atoms. The first-order valence-corrected chi connectivity index (χ1v) is 9.29. The van der Waals surface area contributed by atoms with Crippen molar-refractivity contribution >= 4 is 63.3 Å². The van der Waals surface area contributed by atoms with Gasteiger partial charge >= 0.3 is 0 Å². The van der Waals surface area contributed by atoms with E-state index in [-0.39, 0.29) is 11.5 Å². The molecule has 2 aromatic carbocycles. The molecule has 0 radical (unpaired) electrons. The van der Waals surface area contributed by atoms with Crippen LogP contribution in [-0.2, 0) is 0 Å². The Labute approximate surface area is 161 Å². The maximum absolute atomic E-state index is 12.7. The summed E-state index contributed by atoms with van der Waals surface area (Å²) in [5.41, 5.74) is 2.41. The van der Waals surface area contributed by atoms with E-state index in [0.29, 0.717) is 36.1 Å². The summed E-state index contributed by atoms with van der Waals surface area (Å²) in [4.78, 5) is 28.2. The fourth-order valence-electron chi connectivity index (χ4n) is 2.74. The van der Waals surface area contributed by atoms with Gasteiger partial charge in [0.15, 0.2) is 3.95 Å². The standard InChI is InChI=1S/C18H12ClN3O2S2/c1-9-2-5-11(6-3-9)20-17(24)14-15-21-16(23)12-7-4-10(19)8-13(12)22(15)18(25)26-14/h2-8H,1H3,(H,20,24)(H,21,23). The predicted molar refractivity (Wildman–Crippen MR) is 108 cm³/mol. The minimum atomic E-state index is -0.329. The highest BCUT2D eigenvalue weighted by atomic mass is 35.5. The Kier molecular flexibility index (Phi) is 4.14. The molecular formula is C18H12ClN3O2S2. The molecule has 0 aliphatic carbocycles. The Morgan fingerprint density at radius 3 is 2.69 bits per heavy atom. The lowest BCUT2D eigenvalue weighted by Crippen LogP contribution is -2.14. The number of anilines is 1. The third-order valence-electron chi connectivity index (χ3n) is 4.00. The molecule has 2 N–H and O–H groups in total. The minimum absolute atomic E-state index is 0.297. The van der Waals surface area contributed by atoms with Crippen molar-refractivity contribution in [2.75, 3.05) is 5.32 Å². The third-order valence-corrected chi connectivity index (χ3v) is 5.61. The summed E-state index contributed by atoms with van der Waals surface area (Å²) in [5.74, 6) is -0.329. The molecule has 130 valence electrons. The first-order valence-electron chi connectivity index (χ1n) is 7.69. The molecule has 2 heterocycles. The number of aryl methyl sites for hydroxylation is 1. The molecule has 0 atom stereocenters. The second-order valence-corrected chi connectivity index (χ2v) is 7.90. The number of benzene rings is 2. The second-order valence-electron chi connectivity index (χ2n) is 5.82. The van der Waals surface area contributed by atoms with Gasteiger partial charge in [0.25, 0.3) is 11.5 Å². The number of hydrogen-bond acceptors (Lipinski definition) is 4. The average molecular weight is 402 g/mol. The third kappa shape index (κ3) is 2.84. The smallest absolute Gasteiger partial charge is 0.269 e. The van der Waals surface area contributed by atoms with Crippen LogP contribution in [0.15, 0.2) is 47.3 Å². The van der Waals surface area contributed by atoms with Gasteiger partial charge in [0.2, 0.25) is 0 Å². The molecule has 0 unspecified atom stereocenters. The molecule has 1 amide bonds. The molecule has 0 spiro atoms. The summed E-state index contributed by atoms with van der Waals surface area (Å²) in [7, 11) is 0. The topological polar surface area (TPSA) is 66.4 Å². The van der Waals surface area contributed by atoms with Gasteiger partial charge in [-0.25, -0.2) is 0 Å². The maximum atomic E-state index is 12.7. The number of hydrogen-bond donors (Lipinski definition) is 2. The van der Waals surface area contributed by atoms with Crippen molar-refractivity contribution in [1.29, 1.82) is 0 Å². The number of aromatic amines is 1. The van der Waals surface area contributed by atoms with Gasteiger partial charge in [-0.2, -0.15) is 0 Å². The average Bonchev–Trinajstić information content (AvgIpc) is 2.93. The van der Waals surface area contributed by atoms with E-state index in [1.807, 2.05) is 31.2 Å². The number of nitrogens with one attached hydrogen (secondary N) is 2. The lowest BCUT2D eigenvalue weighted by Gasteiger charge is -2.06. The Bertz CT molecular complexity index is 1290. The highest BCUT2D eigenvalue weighted by molar-refractivity contribution is 7.73. The van der Waals surface area contributed by atoms with Crippen molar-refractivity contribution in [2.45, 2.75) is 6.92 Å². The van der Waals surface area contributed by atoms with E-state index in [2.05, 4.69) is 10.3 Å². The number of thiazole rings is 1. The number of H-pyrrole nitrogens is 1. The number of halogens is 1. The van der Waals surface area contributed by atoms with Gasteiger partial charge in [0.05, 0.1) is 10.9 Å². The molecule has 2 aromatic heterocycles. The van der Waals surface area contributed by atoms with Gasteiger partial charge in [-0.15, -0.1) is 0 Å². The zero-order valence-corrected chi connectivity index (χ0v) is 15.9. The zero-order chi connectivity index (χ0) is 18.4. The van der Waals surface area contributed by atoms with Crippen LogP contribution in [0.3, 0.4) is 0 Å². The number of rotatable bonds is 2. The SMILES string of the molecule is Cc1ccc(NC(=O)c2sc(=S)n3c2[nH]c(=O)c2ccc(Cl)cc23)cc1. The quantitative estimate of drug-likeness (QED) is 0.475. The van der Waals surface area contributed by atoms with Crippen molar-refractivity contribution in [3.05, 3.63) is 72.2 Å². The summed E-state index contributed by atoms with van der Waals surface area (Å²) in [5, 5.41) is 3.78. The fraction of sp³-hybridized carbons (Fsp3) is 0.0556. The molecule has 8 heteroatoms. The fourth-order valence-corrected chi connectivity index (χ4v) is 4.19. The first-order chi connectivity index (χ1) is 12.4. The van der Waals surface area contributed by atoms with Crippen LogP contribution in [0.1, 0.15) is 15.2 Å². The maximum Gasteiger partial charge on any atom is 0.269 e. The lowest BCUT2D eigenvalue weighted by molar-refractivity contribution is 0.103. The summed E-state index contributed by atoms with van der Waals surface area (Å²) in [6, 6.07) is 12.4. The van der Waals surface area contributed by atoms with Gasteiger partial charge in [0.1, 0.15) is 10.5 Å². The molecule has 0 saturated heterocycles. The summed E-state index contributed by atoms with van der Waals surface area (Å²) < 4.78 is 2.13. The van der Waals surface area contributed by atoms with Crippen molar-refractivity contribution in [3.8, 4) is 0 Å². The Morgan fingerprint density at radius 2 is 1.96 bits per heavy atom. The minimum Gasteiger partial charge on any atom is -0.321 e. The van der Waals surface area contributed by atoms with Crippen LogP contribution >= 0.6 is 35.2 Å². The predicted octanol–water partition coefficient (Wildman–Crippen LogP) is 4.79. The number of amides is 1. The number of carbonyl (C=O) groups is 1. The molecule has 4 aromatic rings. The van der Waals surface area contributed by atoms with Crippen LogP contribution in [0, 0.1) is 10.9 Å². The zero-order valence-electron chi connectivity index (χ0n) is 13.5. The number of aromatic nitrogens is 2. The monoisotopic (exact) mass is 401 g/mol. The Morgan fingerprint density at radius 1 is 1.23 bits per heavy atom. The van der Waals surface area contributed by atoms with E-state index in [1.165, 1.54) is 0 Å². The van der Waals surface area contributed by atoms with E-state index >= 15 is 0 Å². The van der Waals surface area contributed by atoms with Crippen molar-refractivity contribution in [3.63, 3.8) is 0 Å². The number of fused-ring (bicyclic) bond motifs is 3. The van der Waals surface area contributed by atoms with Gasteiger partial charge < -0.3 is 10.3 Å². The Balaban J connectivity index is 1.90. The van der Waals surface area contributed by atoms with Crippen molar-refractivity contribution in [2.24, 2.45) is 0 Å². The van der Waals surface area contributed by atoms with Crippen molar-refractivity contribution < 1.29 is 4.79 Å². The molecular weight excluding hydrogens is 390 g/mol. The van der Waals surface area contributed by atoms with E-state index in [0.717, 1.165) is 16.9 Å². The van der Waals surface area contributed by atoms with E-state index in [1.54, 1.807) is 22.6 Å². The van der Waals surface area contributed by atoms with Gasteiger partial charge in [-0.1, -0.05) is 40.6 Å². The van der Waals surface area contributed by atoms with Crippen LogP contribution in [0.2, 0.25) is 5.02 Å². The second kappa shape index (κ2) is 6.35. The van der Waals surface area contributed by atoms with E-state index in [9.17, 15) is 9.59 Å². The van der Waals surface area contributed by atoms with Gasteiger partial charge in [-0.3, -0.25) is 14.0 Å².